The lowest BCUT2D eigenvalue weighted by Crippen LogP contribution is -2.25. The van der Waals surface area contributed by atoms with Crippen molar-refractivity contribution in [3.8, 4) is 5.75 Å². The zero-order valence-corrected chi connectivity index (χ0v) is 11.2. The third-order valence-electron chi connectivity index (χ3n) is 2.71. The number of aliphatic carboxylic acids is 1. The summed E-state index contributed by atoms with van der Waals surface area (Å²) in [6.45, 7) is 2.18. The number of amides is 1. The largest absolute Gasteiger partial charge is 0.497 e. The lowest BCUT2D eigenvalue weighted by Gasteiger charge is -2.09. The highest BCUT2D eigenvalue weighted by atomic mass is 16.5. The number of benzene rings is 1. The quantitative estimate of drug-likeness (QED) is 0.788. The molecule has 1 aromatic rings. The van der Waals surface area contributed by atoms with E-state index in [1.54, 1.807) is 14.0 Å². The average Bonchev–Trinajstić information content (AvgIpc) is 2.36. The van der Waals surface area contributed by atoms with Gasteiger partial charge in [-0.2, -0.15) is 0 Å². The summed E-state index contributed by atoms with van der Waals surface area (Å²) in [5.41, 5.74) is 0.972. The number of methoxy groups -OCH3 is 1. The van der Waals surface area contributed by atoms with Crippen LogP contribution in [0.2, 0.25) is 0 Å². The maximum atomic E-state index is 11.6. The molecule has 0 fully saturated rings. The van der Waals surface area contributed by atoms with Crippen LogP contribution in [0.3, 0.4) is 0 Å². The Hall–Kier alpha value is -2.04. The van der Waals surface area contributed by atoms with Crippen molar-refractivity contribution in [3.63, 3.8) is 0 Å². The number of nitrogens with one attached hydrogen (secondary N) is 1. The third-order valence-corrected chi connectivity index (χ3v) is 2.71. The molecule has 0 bridgehead atoms. The first kappa shape index (κ1) is 15.0. The molecule has 1 aromatic carbocycles. The summed E-state index contributed by atoms with van der Waals surface area (Å²) in [7, 11) is 1.60. The van der Waals surface area contributed by atoms with Crippen LogP contribution in [0.15, 0.2) is 24.3 Å². The van der Waals surface area contributed by atoms with Crippen molar-refractivity contribution in [2.24, 2.45) is 5.92 Å². The molecule has 0 heterocycles. The van der Waals surface area contributed by atoms with Crippen molar-refractivity contribution < 1.29 is 19.4 Å². The number of hydrogen-bond donors (Lipinski definition) is 2. The minimum Gasteiger partial charge on any atom is -0.497 e. The van der Waals surface area contributed by atoms with Gasteiger partial charge >= 0.3 is 5.97 Å². The van der Waals surface area contributed by atoms with Gasteiger partial charge in [-0.15, -0.1) is 0 Å². The number of carbonyl (C=O) groups excluding carboxylic acids is 1. The molecule has 5 heteroatoms. The zero-order chi connectivity index (χ0) is 14.3. The maximum absolute atomic E-state index is 11.6. The third kappa shape index (κ3) is 5.90. The van der Waals surface area contributed by atoms with Crippen molar-refractivity contribution >= 4 is 11.9 Å². The van der Waals surface area contributed by atoms with Crippen LogP contribution < -0.4 is 10.1 Å². The summed E-state index contributed by atoms with van der Waals surface area (Å²) in [6, 6.07) is 7.41. The fourth-order valence-electron chi connectivity index (χ4n) is 1.70. The Labute approximate surface area is 112 Å². The fraction of sp³-hybridized carbons (Fsp3) is 0.429. The van der Waals surface area contributed by atoms with E-state index in [9.17, 15) is 9.59 Å². The van der Waals surface area contributed by atoms with Crippen LogP contribution in [0, 0.1) is 5.92 Å². The topological polar surface area (TPSA) is 75.6 Å². The van der Waals surface area contributed by atoms with E-state index in [1.165, 1.54) is 0 Å². The van der Waals surface area contributed by atoms with Gasteiger partial charge in [0.1, 0.15) is 5.75 Å². The summed E-state index contributed by atoms with van der Waals surface area (Å²) in [5, 5.41) is 11.4. The zero-order valence-electron chi connectivity index (χ0n) is 11.2. The molecule has 1 unspecified atom stereocenters. The number of carboxylic acids is 1. The molecule has 0 aliphatic carbocycles. The van der Waals surface area contributed by atoms with Gasteiger partial charge < -0.3 is 15.2 Å². The van der Waals surface area contributed by atoms with E-state index < -0.39 is 5.97 Å². The van der Waals surface area contributed by atoms with Crippen molar-refractivity contribution in [1.29, 1.82) is 0 Å². The Bertz CT molecular complexity index is 428. The van der Waals surface area contributed by atoms with Gasteiger partial charge in [0, 0.05) is 19.4 Å². The SMILES string of the molecule is COc1ccc(CNC(=O)CC(C)CC(=O)O)cc1. The number of carboxylic acid groups (broad SMARTS) is 1. The highest BCUT2D eigenvalue weighted by Crippen LogP contribution is 2.11. The molecular formula is C14H19NO4. The molecule has 2 N–H and O–H groups in total. The summed E-state index contributed by atoms with van der Waals surface area (Å²) < 4.78 is 5.04. The Kier molecular flexibility index (Phi) is 5.85. The number of rotatable bonds is 7. The molecule has 0 radical (unpaired) electrons. The summed E-state index contributed by atoms with van der Waals surface area (Å²) >= 11 is 0. The van der Waals surface area contributed by atoms with E-state index >= 15 is 0 Å². The second-order valence-corrected chi connectivity index (χ2v) is 4.53. The van der Waals surface area contributed by atoms with Crippen molar-refractivity contribution in [1.82, 2.24) is 5.32 Å². The van der Waals surface area contributed by atoms with E-state index in [0.717, 1.165) is 11.3 Å². The van der Waals surface area contributed by atoms with Crippen molar-refractivity contribution in [2.75, 3.05) is 7.11 Å². The standard InChI is InChI=1S/C14H19NO4/c1-10(8-14(17)18)7-13(16)15-9-11-3-5-12(19-2)6-4-11/h3-6,10H,7-9H2,1-2H3,(H,15,16)(H,17,18). The predicted octanol–water partition coefficient (Wildman–Crippen LogP) is 1.81. The summed E-state index contributed by atoms with van der Waals surface area (Å²) in [6.07, 6.45) is 0.235. The number of carbonyl (C=O) groups is 2. The first-order chi connectivity index (χ1) is 9.01. The van der Waals surface area contributed by atoms with Crippen LogP contribution in [0.1, 0.15) is 25.3 Å². The van der Waals surface area contributed by atoms with Crippen molar-refractivity contribution in [2.45, 2.75) is 26.3 Å². The Morgan fingerprint density at radius 2 is 1.89 bits per heavy atom. The fourth-order valence-corrected chi connectivity index (χ4v) is 1.70. The highest BCUT2D eigenvalue weighted by Gasteiger charge is 2.12. The molecule has 1 rings (SSSR count). The molecule has 0 aliphatic heterocycles. The highest BCUT2D eigenvalue weighted by molar-refractivity contribution is 5.77. The van der Waals surface area contributed by atoms with E-state index in [4.69, 9.17) is 9.84 Å². The molecular weight excluding hydrogens is 246 g/mol. The van der Waals surface area contributed by atoms with E-state index in [1.807, 2.05) is 24.3 Å². The Balaban J connectivity index is 2.34. The van der Waals surface area contributed by atoms with Gasteiger partial charge in [0.25, 0.3) is 0 Å². The van der Waals surface area contributed by atoms with Crippen LogP contribution >= 0.6 is 0 Å². The molecule has 0 spiro atoms. The van der Waals surface area contributed by atoms with Crippen LogP contribution in [0.4, 0.5) is 0 Å². The van der Waals surface area contributed by atoms with Gasteiger partial charge in [-0.05, 0) is 23.6 Å². The van der Waals surface area contributed by atoms with Crippen LogP contribution in [0.5, 0.6) is 5.75 Å². The normalized spacial score (nSPS) is 11.7. The molecule has 0 aliphatic rings. The van der Waals surface area contributed by atoms with Gasteiger partial charge in [0.2, 0.25) is 5.91 Å². The Morgan fingerprint density at radius 3 is 2.42 bits per heavy atom. The van der Waals surface area contributed by atoms with E-state index in [0.29, 0.717) is 6.54 Å². The molecule has 0 saturated heterocycles. The van der Waals surface area contributed by atoms with E-state index in [-0.39, 0.29) is 24.7 Å². The predicted molar refractivity (Wildman–Crippen MR) is 70.9 cm³/mol. The lowest BCUT2D eigenvalue weighted by molar-refractivity contribution is -0.138. The first-order valence-electron chi connectivity index (χ1n) is 6.12. The number of hydrogen-bond acceptors (Lipinski definition) is 3. The number of ether oxygens (including phenoxy) is 1. The lowest BCUT2D eigenvalue weighted by atomic mass is 10.0. The average molecular weight is 265 g/mol. The summed E-state index contributed by atoms with van der Waals surface area (Å²) in [5.74, 6) is -0.404. The maximum Gasteiger partial charge on any atom is 0.303 e. The second kappa shape index (κ2) is 7.41. The molecule has 1 amide bonds. The summed E-state index contributed by atoms with van der Waals surface area (Å²) in [4.78, 5) is 22.1. The molecule has 0 aromatic heterocycles. The van der Waals surface area contributed by atoms with Gasteiger partial charge in [-0.3, -0.25) is 9.59 Å². The minimum absolute atomic E-state index is 0.00988. The van der Waals surface area contributed by atoms with Crippen molar-refractivity contribution in [3.05, 3.63) is 29.8 Å². The molecule has 5 nitrogen and oxygen atoms in total. The molecule has 0 saturated carbocycles. The molecule has 1 atom stereocenters. The second-order valence-electron chi connectivity index (χ2n) is 4.53. The molecule has 19 heavy (non-hydrogen) atoms. The van der Waals surface area contributed by atoms with Crippen LogP contribution in [0.25, 0.3) is 0 Å². The van der Waals surface area contributed by atoms with Gasteiger partial charge in [-0.1, -0.05) is 19.1 Å². The molecule has 104 valence electrons. The Morgan fingerprint density at radius 1 is 1.26 bits per heavy atom. The van der Waals surface area contributed by atoms with Crippen LogP contribution in [-0.4, -0.2) is 24.1 Å². The first-order valence-corrected chi connectivity index (χ1v) is 6.12. The smallest absolute Gasteiger partial charge is 0.303 e. The monoisotopic (exact) mass is 265 g/mol. The van der Waals surface area contributed by atoms with Gasteiger partial charge in [-0.25, -0.2) is 0 Å². The van der Waals surface area contributed by atoms with E-state index in [2.05, 4.69) is 5.32 Å². The minimum atomic E-state index is -0.879. The van der Waals surface area contributed by atoms with Gasteiger partial charge in [0.05, 0.1) is 7.11 Å². The van der Waals surface area contributed by atoms with Crippen LogP contribution in [-0.2, 0) is 16.1 Å². The van der Waals surface area contributed by atoms with Gasteiger partial charge in [0.15, 0.2) is 0 Å².